The Morgan fingerprint density at radius 1 is 1.22 bits per heavy atom. The lowest BCUT2D eigenvalue weighted by Gasteiger charge is -2.48. The van der Waals surface area contributed by atoms with E-state index >= 15 is 0 Å². The number of hydrogen-bond donors (Lipinski definition) is 1. The van der Waals surface area contributed by atoms with E-state index in [1.807, 2.05) is 0 Å². The molecule has 4 atom stereocenters. The fourth-order valence-corrected chi connectivity index (χ4v) is 4.15. The van der Waals surface area contributed by atoms with Crippen LogP contribution in [0.3, 0.4) is 0 Å². The number of rotatable bonds is 3. The second-order valence-electron chi connectivity index (χ2n) is 7.25. The molecule has 0 spiro atoms. The molecule has 2 N–H and O–H groups in total. The number of nitrogens with zero attached hydrogens (tertiary/aromatic N) is 1. The van der Waals surface area contributed by atoms with Gasteiger partial charge in [-0.05, 0) is 55.9 Å². The summed E-state index contributed by atoms with van der Waals surface area (Å²) in [5.41, 5.74) is 6.67. The maximum Gasteiger partial charge on any atom is 0.00932 e. The second-order valence-corrected chi connectivity index (χ2v) is 7.25. The molecular formula is C16H32N2. The third-order valence-corrected chi connectivity index (χ3v) is 6.14. The molecule has 0 aromatic rings. The third kappa shape index (κ3) is 2.60. The fourth-order valence-electron chi connectivity index (χ4n) is 4.15. The van der Waals surface area contributed by atoms with Crippen LogP contribution in [-0.2, 0) is 0 Å². The predicted octanol–water partition coefficient (Wildman–Crippen LogP) is 3.26. The van der Waals surface area contributed by atoms with Crippen LogP contribution in [0.5, 0.6) is 0 Å². The lowest BCUT2D eigenvalue weighted by atomic mass is 9.61. The first-order valence-corrected chi connectivity index (χ1v) is 7.96. The number of likely N-dealkylation sites (tertiary alicyclic amines) is 1. The van der Waals surface area contributed by atoms with E-state index in [0.717, 1.165) is 12.0 Å². The van der Waals surface area contributed by atoms with E-state index in [1.54, 1.807) is 0 Å². The highest BCUT2D eigenvalue weighted by Crippen LogP contribution is 2.45. The van der Waals surface area contributed by atoms with Crippen molar-refractivity contribution in [1.82, 2.24) is 4.90 Å². The molecule has 0 amide bonds. The van der Waals surface area contributed by atoms with Crippen LogP contribution < -0.4 is 5.73 Å². The SMILES string of the molecule is CCC1CCCN1CC1CCC(N)C(C)C1(C)C. The lowest BCUT2D eigenvalue weighted by molar-refractivity contribution is 0.0256. The van der Waals surface area contributed by atoms with Crippen molar-refractivity contribution in [2.45, 2.75) is 71.9 Å². The minimum atomic E-state index is 0.401. The molecule has 106 valence electrons. The van der Waals surface area contributed by atoms with Crippen molar-refractivity contribution in [2.75, 3.05) is 13.1 Å². The van der Waals surface area contributed by atoms with Crippen molar-refractivity contribution in [3.63, 3.8) is 0 Å². The van der Waals surface area contributed by atoms with Gasteiger partial charge in [0.25, 0.3) is 0 Å². The van der Waals surface area contributed by atoms with E-state index in [2.05, 4.69) is 32.6 Å². The Morgan fingerprint density at radius 2 is 1.94 bits per heavy atom. The van der Waals surface area contributed by atoms with Crippen LogP contribution in [0.2, 0.25) is 0 Å². The lowest BCUT2D eigenvalue weighted by Crippen LogP contribution is -2.50. The molecule has 2 nitrogen and oxygen atoms in total. The average molecular weight is 252 g/mol. The minimum Gasteiger partial charge on any atom is -0.327 e. The van der Waals surface area contributed by atoms with E-state index in [9.17, 15) is 0 Å². The van der Waals surface area contributed by atoms with Crippen molar-refractivity contribution in [1.29, 1.82) is 0 Å². The van der Waals surface area contributed by atoms with Crippen LogP contribution in [0, 0.1) is 17.3 Å². The average Bonchev–Trinajstić information content (AvgIpc) is 2.78. The monoisotopic (exact) mass is 252 g/mol. The van der Waals surface area contributed by atoms with Gasteiger partial charge in [-0.15, -0.1) is 0 Å². The molecular weight excluding hydrogens is 220 g/mol. The molecule has 2 fully saturated rings. The zero-order valence-corrected chi connectivity index (χ0v) is 12.8. The summed E-state index contributed by atoms with van der Waals surface area (Å²) in [6, 6.07) is 1.27. The molecule has 1 aliphatic heterocycles. The molecule has 1 saturated heterocycles. The van der Waals surface area contributed by atoms with Crippen LogP contribution in [0.4, 0.5) is 0 Å². The highest BCUT2D eigenvalue weighted by Gasteiger charge is 2.42. The van der Waals surface area contributed by atoms with E-state index in [0.29, 0.717) is 17.4 Å². The summed E-state index contributed by atoms with van der Waals surface area (Å²) in [6.07, 6.45) is 6.69. The summed E-state index contributed by atoms with van der Waals surface area (Å²) < 4.78 is 0. The molecule has 0 bridgehead atoms. The van der Waals surface area contributed by atoms with Gasteiger partial charge in [-0.3, -0.25) is 0 Å². The van der Waals surface area contributed by atoms with Crippen LogP contribution in [0.15, 0.2) is 0 Å². The first-order valence-electron chi connectivity index (χ1n) is 7.96. The topological polar surface area (TPSA) is 29.3 Å². The van der Waals surface area contributed by atoms with Gasteiger partial charge in [-0.25, -0.2) is 0 Å². The molecule has 0 radical (unpaired) electrons. The number of hydrogen-bond acceptors (Lipinski definition) is 2. The van der Waals surface area contributed by atoms with Crippen LogP contribution in [-0.4, -0.2) is 30.1 Å². The minimum absolute atomic E-state index is 0.401. The van der Waals surface area contributed by atoms with Gasteiger partial charge in [0, 0.05) is 18.6 Å². The number of nitrogens with two attached hydrogens (primary N) is 1. The Kier molecular flexibility index (Phi) is 4.38. The molecule has 1 aliphatic carbocycles. The van der Waals surface area contributed by atoms with Crippen molar-refractivity contribution in [3.8, 4) is 0 Å². The second kappa shape index (κ2) is 5.50. The highest BCUT2D eigenvalue weighted by molar-refractivity contribution is 4.95. The Morgan fingerprint density at radius 3 is 2.61 bits per heavy atom. The summed E-state index contributed by atoms with van der Waals surface area (Å²) in [5, 5.41) is 0. The third-order valence-electron chi connectivity index (χ3n) is 6.14. The first kappa shape index (κ1) is 14.3. The molecule has 2 heteroatoms. The summed E-state index contributed by atoms with van der Waals surface area (Å²) in [7, 11) is 0. The Bertz CT molecular complexity index is 274. The normalized spacial score (nSPS) is 41.2. The summed E-state index contributed by atoms with van der Waals surface area (Å²) in [6.45, 7) is 12.2. The molecule has 0 aromatic carbocycles. The van der Waals surface area contributed by atoms with Crippen LogP contribution >= 0.6 is 0 Å². The van der Waals surface area contributed by atoms with Gasteiger partial charge < -0.3 is 10.6 Å². The molecule has 2 rings (SSSR count). The Hall–Kier alpha value is -0.0800. The highest BCUT2D eigenvalue weighted by atomic mass is 15.2. The molecule has 18 heavy (non-hydrogen) atoms. The summed E-state index contributed by atoms with van der Waals surface area (Å²) >= 11 is 0. The summed E-state index contributed by atoms with van der Waals surface area (Å²) in [5.74, 6) is 1.48. The Labute approximate surface area is 113 Å². The first-order chi connectivity index (χ1) is 8.46. The van der Waals surface area contributed by atoms with Crippen LogP contribution in [0.25, 0.3) is 0 Å². The maximum atomic E-state index is 6.26. The zero-order chi connectivity index (χ0) is 13.3. The predicted molar refractivity (Wildman–Crippen MR) is 78.5 cm³/mol. The zero-order valence-electron chi connectivity index (χ0n) is 12.8. The largest absolute Gasteiger partial charge is 0.327 e. The van der Waals surface area contributed by atoms with E-state index in [-0.39, 0.29) is 0 Å². The van der Waals surface area contributed by atoms with E-state index in [1.165, 1.54) is 45.2 Å². The summed E-state index contributed by atoms with van der Waals surface area (Å²) in [4.78, 5) is 2.76. The van der Waals surface area contributed by atoms with Crippen LogP contribution in [0.1, 0.15) is 59.8 Å². The fraction of sp³-hybridized carbons (Fsp3) is 1.00. The van der Waals surface area contributed by atoms with Gasteiger partial charge in [0.05, 0.1) is 0 Å². The van der Waals surface area contributed by atoms with Crippen molar-refractivity contribution < 1.29 is 0 Å². The maximum absolute atomic E-state index is 6.26. The quantitative estimate of drug-likeness (QED) is 0.835. The van der Waals surface area contributed by atoms with Gasteiger partial charge in [0.1, 0.15) is 0 Å². The molecule has 4 unspecified atom stereocenters. The van der Waals surface area contributed by atoms with Crippen molar-refractivity contribution in [2.24, 2.45) is 23.0 Å². The molecule has 2 aliphatic rings. The van der Waals surface area contributed by atoms with E-state index < -0.39 is 0 Å². The standard InChI is InChI=1S/C16H32N2/c1-5-14-7-6-10-18(14)11-13-8-9-15(17)12(2)16(13,3)4/h12-15H,5-11,17H2,1-4H3. The van der Waals surface area contributed by atoms with Gasteiger partial charge in [0.15, 0.2) is 0 Å². The van der Waals surface area contributed by atoms with Crippen molar-refractivity contribution >= 4 is 0 Å². The smallest absolute Gasteiger partial charge is 0.00932 e. The van der Waals surface area contributed by atoms with Gasteiger partial charge >= 0.3 is 0 Å². The van der Waals surface area contributed by atoms with Gasteiger partial charge in [-0.1, -0.05) is 27.7 Å². The molecule has 1 saturated carbocycles. The molecule has 0 aromatic heterocycles. The van der Waals surface area contributed by atoms with Gasteiger partial charge in [-0.2, -0.15) is 0 Å². The Balaban J connectivity index is 2.00. The van der Waals surface area contributed by atoms with E-state index in [4.69, 9.17) is 5.73 Å². The molecule has 1 heterocycles. The van der Waals surface area contributed by atoms with Crippen molar-refractivity contribution in [3.05, 3.63) is 0 Å². The van der Waals surface area contributed by atoms with Gasteiger partial charge in [0.2, 0.25) is 0 Å².